The van der Waals surface area contributed by atoms with Crippen LogP contribution in [0.15, 0.2) is 18.3 Å². The Kier molecular flexibility index (Phi) is 7.12. The molecule has 1 aliphatic heterocycles. The van der Waals surface area contributed by atoms with Gasteiger partial charge in [-0.15, -0.1) is 0 Å². The number of pyridine rings is 1. The second-order valence-corrected chi connectivity index (χ2v) is 6.91. The summed E-state index contributed by atoms with van der Waals surface area (Å²) in [6.07, 6.45) is 1.64. The SMILES string of the molecule is C[C@H](CNC(=O)CCN(C)C(=O)O)CC(=O)N1c2ncccc2C[C@H]1CN. The highest BCUT2D eigenvalue weighted by atomic mass is 16.4. The van der Waals surface area contributed by atoms with Crippen molar-refractivity contribution in [3.05, 3.63) is 23.9 Å². The van der Waals surface area contributed by atoms with Gasteiger partial charge in [0.05, 0.1) is 6.04 Å². The molecular weight excluding hydrogens is 350 g/mol. The number of aromatic nitrogens is 1. The van der Waals surface area contributed by atoms with Gasteiger partial charge in [0.2, 0.25) is 11.8 Å². The lowest BCUT2D eigenvalue weighted by Gasteiger charge is -2.25. The van der Waals surface area contributed by atoms with E-state index >= 15 is 0 Å². The van der Waals surface area contributed by atoms with Crippen molar-refractivity contribution in [3.8, 4) is 0 Å². The zero-order valence-electron chi connectivity index (χ0n) is 15.7. The van der Waals surface area contributed by atoms with Gasteiger partial charge in [0.25, 0.3) is 0 Å². The first-order valence-electron chi connectivity index (χ1n) is 9.00. The van der Waals surface area contributed by atoms with Gasteiger partial charge < -0.3 is 21.1 Å². The molecule has 0 aromatic carbocycles. The maximum atomic E-state index is 12.8. The number of nitrogens with zero attached hydrogens (tertiary/aromatic N) is 3. The fourth-order valence-corrected chi connectivity index (χ4v) is 3.05. The zero-order valence-corrected chi connectivity index (χ0v) is 15.7. The third-order valence-corrected chi connectivity index (χ3v) is 4.63. The van der Waals surface area contributed by atoms with E-state index in [2.05, 4.69) is 10.3 Å². The van der Waals surface area contributed by atoms with Gasteiger partial charge in [0.1, 0.15) is 5.82 Å². The summed E-state index contributed by atoms with van der Waals surface area (Å²) in [5.74, 6) is 0.307. The first kappa shape index (κ1) is 20.6. The van der Waals surface area contributed by atoms with Gasteiger partial charge in [0, 0.05) is 45.7 Å². The quantitative estimate of drug-likeness (QED) is 0.603. The van der Waals surface area contributed by atoms with Crippen LogP contribution in [0.3, 0.4) is 0 Å². The van der Waals surface area contributed by atoms with Gasteiger partial charge in [-0.1, -0.05) is 13.0 Å². The van der Waals surface area contributed by atoms with E-state index in [1.807, 2.05) is 19.1 Å². The fourth-order valence-electron chi connectivity index (χ4n) is 3.05. The van der Waals surface area contributed by atoms with Crippen LogP contribution in [0.1, 0.15) is 25.3 Å². The van der Waals surface area contributed by atoms with Crippen molar-refractivity contribution in [3.63, 3.8) is 0 Å². The largest absolute Gasteiger partial charge is 0.465 e. The highest BCUT2D eigenvalue weighted by Gasteiger charge is 2.34. The second kappa shape index (κ2) is 9.31. The minimum absolute atomic E-state index is 0.0599. The number of hydrogen-bond acceptors (Lipinski definition) is 5. The molecule has 0 fully saturated rings. The lowest BCUT2D eigenvalue weighted by molar-refractivity contribution is -0.122. The molecule has 2 rings (SSSR count). The van der Waals surface area contributed by atoms with Crippen LogP contribution in [0.4, 0.5) is 10.6 Å². The summed E-state index contributed by atoms with van der Waals surface area (Å²) in [4.78, 5) is 42.3. The number of amides is 3. The predicted molar refractivity (Wildman–Crippen MR) is 100 cm³/mol. The lowest BCUT2D eigenvalue weighted by Crippen LogP contribution is -2.43. The molecule has 9 heteroatoms. The molecule has 2 atom stereocenters. The number of nitrogens with two attached hydrogens (primary N) is 1. The van der Waals surface area contributed by atoms with Crippen LogP contribution in [0.5, 0.6) is 0 Å². The number of rotatable bonds is 8. The van der Waals surface area contributed by atoms with Crippen molar-refractivity contribution in [2.75, 3.05) is 31.6 Å². The predicted octanol–water partition coefficient (Wildman–Crippen LogP) is 0.440. The third-order valence-electron chi connectivity index (χ3n) is 4.63. The minimum atomic E-state index is -1.07. The van der Waals surface area contributed by atoms with Crippen LogP contribution in [-0.4, -0.2) is 65.6 Å². The van der Waals surface area contributed by atoms with E-state index < -0.39 is 6.09 Å². The molecule has 0 saturated heterocycles. The van der Waals surface area contributed by atoms with Crippen molar-refractivity contribution in [1.82, 2.24) is 15.2 Å². The molecule has 1 aromatic heterocycles. The molecule has 0 saturated carbocycles. The highest BCUT2D eigenvalue weighted by Crippen LogP contribution is 2.30. The summed E-state index contributed by atoms with van der Waals surface area (Å²) in [5, 5.41) is 11.5. The highest BCUT2D eigenvalue weighted by molar-refractivity contribution is 5.95. The Hall–Kier alpha value is -2.68. The van der Waals surface area contributed by atoms with Crippen molar-refractivity contribution in [2.24, 2.45) is 11.7 Å². The van der Waals surface area contributed by atoms with Gasteiger partial charge in [0.15, 0.2) is 0 Å². The monoisotopic (exact) mass is 377 g/mol. The molecule has 148 valence electrons. The maximum absolute atomic E-state index is 12.8. The van der Waals surface area contributed by atoms with Gasteiger partial charge in [-0.05, 0) is 24.0 Å². The van der Waals surface area contributed by atoms with E-state index in [1.165, 1.54) is 7.05 Å². The van der Waals surface area contributed by atoms with Crippen LogP contribution in [0.25, 0.3) is 0 Å². The molecule has 1 aliphatic rings. The van der Waals surface area contributed by atoms with Crippen molar-refractivity contribution < 1.29 is 19.5 Å². The molecule has 9 nitrogen and oxygen atoms in total. The lowest BCUT2D eigenvalue weighted by atomic mass is 10.1. The Balaban J connectivity index is 1.83. The van der Waals surface area contributed by atoms with E-state index in [4.69, 9.17) is 10.8 Å². The Labute approximate surface area is 158 Å². The van der Waals surface area contributed by atoms with E-state index in [1.54, 1.807) is 11.1 Å². The van der Waals surface area contributed by atoms with Crippen LogP contribution >= 0.6 is 0 Å². The van der Waals surface area contributed by atoms with Crippen LogP contribution in [-0.2, 0) is 16.0 Å². The molecule has 3 amide bonds. The molecular formula is C18H27N5O4. The maximum Gasteiger partial charge on any atom is 0.407 e. The van der Waals surface area contributed by atoms with Gasteiger partial charge in [-0.25, -0.2) is 9.78 Å². The molecule has 1 aromatic rings. The molecule has 0 aliphatic carbocycles. The molecule has 4 N–H and O–H groups in total. The Bertz CT molecular complexity index is 696. The molecule has 2 heterocycles. The van der Waals surface area contributed by atoms with Crippen molar-refractivity contribution >= 4 is 23.7 Å². The van der Waals surface area contributed by atoms with Crippen LogP contribution < -0.4 is 16.0 Å². The summed E-state index contributed by atoms with van der Waals surface area (Å²) < 4.78 is 0. The number of fused-ring (bicyclic) bond motifs is 1. The number of carboxylic acid groups (broad SMARTS) is 1. The molecule has 0 unspecified atom stereocenters. The third kappa shape index (κ3) is 5.40. The standard InChI is InChI=1S/C18H27N5O4/c1-12(11-21-15(24)5-7-22(2)18(26)27)8-16(25)23-14(10-19)9-13-4-3-6-20-17(13)23/h3-4,6,12,14H,5,7-11,19H2,1-2H3,(H,21,24)(H,26,27)/t12-,14-/m0/s1. The number of carbonyl (C=O) groups excluding carboxylic acids is 2. The van der Waals surface area contributed by atoms with E-state index in [-0.39, 0.29) is 43.2 Å². The number of nitrogens with one attached hydrogen (secondary N) is 1. The number of anilines is 1. The summed E-state index contributed by atoms with van der Waals surface area (Å²) in [6, 6.07) is 3.71. The first-order chi connectivity index (χ1) is 12.8. The van der Waals surface area contributed by atoms with E-state index in [0.717, 1.165) is 10.5 Å². The minimum Gasteiger partial charge on any atom is -0.465 e. The summed E-state index contributed by atoms with van der Waals surface area (Å²) in [7, 11) is 1.41. The fraction of sp³-hybridized carbons (Fsp3) is 0.556. The molecule has 0 radical (unpaired) electrons. The topological polar surface area (TPSA) is 129 Å². The molecule has 27 heavy (non-hydrogen) atoms. The summed E-state index contributed by atoms with van der Waals surface area (Å²) in [5.41, 5.74) is 6.84. The molecule has 0 bridgehead atoms. The summed E-state index contributed by atoms with van der Waals surface area (Å²) in [6.45, 7) is 2.72. The van der Waals surface area contributed by atoms with E-state index in [0.29, 0.717) is 25.3 Å². The van der Waals surface area contributed by atoms with Crippen molar-refractivity contribution in [2.45, 2.75) is 32.2 Å². The van der Waals surface area contributed by atoms with Gasteiger partial charge in [-0.3, -0.25) is 14.5 Å². The van der Waals surface area contributed by atoms with Crippen LogP contribution in [0.2, 0.25) is 0 Å². The number of carbonyl (C=O) groups is 3. The summed E-state index contributed by atoms with van der Waals surface area (Å²) >= 11 is 0. The Morgan fingerprint density at radius 3 is 2.89 bits per heavy atom. The second-order valence-electron chi connectivity index (χ2n) is 6.91. The Morgan fingerprint density at radius 2 is 2.22 bits per heavy atom. The smallest absolute Gasteiger partial charge is 0.407 e. The number of hydrogen-bond donors (Lipinski definition) is 3. The molecule has 0 spiro atoms. The van der Waals surface area contributed by atoms with Crippen molar-refractivity contribution in [1.29, 1.82) is 0 Å². The van der Waals surface area contributed by atoms with Crippen LogP contribution in [0, 0.1) is 5.92 Å². The first-order valence-corrected chi connectivity index (χ1v) is 9.00. The average Bonchev–Trinajstić information content (AvgIpc) is 3.02. The van der Waals surface area contributed by atoms with Gasteiger partial charge in [-0.2, -0.15) is 0 Å². The van der Waals surface area contributed by atoms with Gasteiger partial charge >= 0.3 is 6.09 Å². The Morgan fingerprint density at radius 1 is 1.48 bits per heavy atom. The average molecular weight is 377 g/mol. The van der Waals surface area contributed by atoms with E-state index in [9.17, 15) is 14.4 Å². The zero-order chi connectivity index (χ0) is 20.0. The normalized spacial score (nSPS) is 16.6.